The van der Waals surface area contributed by atoms with Crippen molar-refractivity contribution in [2.75, 3.05) is 34.4 Å². The summed E-state index contributed by atoms with van der Waals surface area (Å²) in [6.07, 6.45) is 2.04. The molecule has 3 unspecified atom stereocenters. The van der Waals surface area contributed by atoms with E-state index in [4.69, 9.17) is 9.47 Å². The second-order valence-corrected chi connectivity index (χ2v) is 9.30. The van der Waals surface area contributed by atoms with E-state index in [1.54, 1.807) is 21.1 Å². The van der Waals surface area contributed by atoms with Crippen LogP contribution in [0.15, 0.2) is 48.5 Å². The number of rotatable bonds is 8. The summed E-state index contributed by atoms with van der Waals surface area (Å²) >= 11 is 0. The maximum absolute atomic E-state index is 12.6. The van der Waals surface area contributed by atoms with Gasteiger partial charge in [-0.1, -0.05) is 43.3 Å². The van der Waals surface area contributed by atoms with Gasteiger partial charge in [-0.3, -0.25) is 4.79 Å². The minimum absolute atomic E-state index is 0.0541. The molecule has 1 saturated heterocycles. The minimum atomic E-state index is 0.0541. The second-order valence-electron chi connectivity index (χ2n) is 9.30. The standard InChI is InChI=1S/C27H38N2O3/c1-20-18-28(4)21(2)17-27(20,24-10-8-7-9-11-24)14-15-29(22(3)30)19-23-12-13-25(31-5)26(16-23)32-6/h7-13,16,20-21H,14-15,17-19H2,1-6H3. The normalized spacial score (nSPS) is 23.6. The van der Waals surface area contributed by atoms with Crippen LogP contribution in [0.25, 0.3) is 0 Å². The van der Waals surface area contributed by atoms with Crippen molar-refractivity contribution < 1.29 is 14.3 Å². The Labute approximate surface area is 193 Å². The highest BCUT2D eigenvalue weighted by Gasteiger charge is 2.43. The van der Waals surface area contributed by atoms with Gasteiger partial charge in [0.2, 0.25) is 5.91 Å². The number of ether oxygens (including phenoxy) is 2. The highest BCUT2D eigenvalue weighted by atomic mass is 16.5. The highest BCUT2D eigenvalue weighted by molar-refractivity contribution is 5.73. The fourth-order valence-electron chi connectivity index (χ4n) is 5.22. The summed E-state index contributed by atoms with van der Waals surface area (Å²) in [5.74, 6) is 1.98. The molecule has 3 rings (SSSR count). The van der Waals surface area contributed by atoms with Crippen LogP contribution in [-0.4, -0.2) is 56.1 Å². The largest absolute Gasteiger partial charge is 0.493 e. The van der Waals surface area contributed by atoms with Crippen LogP contribution < -0.4 is 9.47 Å². The first-order chi connectivity index (χ1) is 15.3. The maximum atomic E-state index is 12.6. The van der Waals surface area contributed by atoms with E-state index in [-0.39, 0.29) is 11.3 Å². The van der Waals surface area contributed by atoms with E-state index >= 15 is 0 Å². The molecule has 1 aliphatic heterocycles. The first-order valence-electron chi connectivity index (χ1n) is 11.5. The Balaban J connectivity index is 1.84. The lowest BCUT2D eigenvalue weighted by atomic mass is 9.63. The zero-order chi connectivity index (χ0) is 23.3. The minimum Gasteiger partial charge on any atom is -0.493 e. The van der Waals surface area contributed by atoms with Gasteiger partial charge in [0.25, 0.3) is 0 Å². The lowest BCUT2D eigenvalue weighted by Crippen LogP contribution is -2.52. The maximum Gasteiger partial charge on any atom is 0.219 e. The average molecular weight is 439 g/mol. The molecule has 0 aromatic heterocycles. The van der Waals surface area contributed by atoms with Crippen molar-refractivity contribution in [1.29, 1.82) is 0 Å². The predicted molar refractivity (Wildman–Crippen MR) is 129 cm³/mol. The molecule has 3 atom stereocenters. The summed E-state index contributed by atoms with van der Waals surface area (Å²) in [4.78, 5) is 17.0. The lowest BCUT2D eigenvalue weighted by molar-refractivity contribution is -0.129. The second kappa shape index (κ2) is 10.4. The van der Waals surface area contributed by atoms with E-state index in [1.165, 1.54) is 5.56 Å². The van der Waals surface area contributed by atoms with E-state index in [2.05, 4.69) is 56.1 Å². The predicted octanol–water partition coefficient (Wildman–Crippen LogP) is 4.74. The van der Waals surface area contributed by atoms with E-state index in [1.807, 2.05) is 23.1 Å². The number of hydrogen-bond acceptors (Lipinski definition) is 4. The molecule has 32 heavy (non-hydrogen) atoms. The quantitative estimate of drug-likeness (QED) is 0.597. The van der Waals surface area contributed by atoms with Crippen LogP contribution in [-0.2, 0) is 16.8 Å². The SMILES string of the molecule is COc1ccc(CN(CCC2(c3ccccc3)CC(C)N(C)CC2C)C(C)=O)cc1OC. The number of amides is 1. The molecule has 1 fully saturated rings. The number of carbonyl (C=O) groups is 1. The van der Waals surface area contributed by atoms with E-state index in [9.17, 15) is 4.79 Å². The molecule has 0 spiro atoms. The van der Waals surface area contributed by atoms with Crippen molar-refractivity contribution in [1.82, 2.24) is 9.80 Å². The Kier molecular flexibility index (Phi) is 7.83. The van der Waals surface area contributed by atoms with Gasteiger partial charge in [0, 0.05) is 38.0 Å². The van der Waals surface area contributed by atoms with Crippen LogP contribution in [0.3, 0.4) is 0 Å². The van der Waals surface area contributed by atoms with Gasteiger partial charge in [0.15, 0.2) is 11.5 Å². The Morgan fingerprint density at radius 1 is 1.09 bits per heavy atom. The molecule has 174 valence electrons. The molecular formula is C27H38N2O3. The molecule has 1 heterocycles. The number of hydrogen-bond donors (Lipinski definition) is 0. The number of benzene rings is 2. The van der Waals surface area contributed by atoms with Gasteiger partial charge in [-0.25, -0.2) is 0 Å². The third kappa shape index (κ3) is 5.09. The first kappa shape index (κ1) is 24.1. The summed E-state index contributed by atoms with van der Waals surface area (Å²) in [7, 11) is 5.48. The number of piperidine rings is 1. The van der Waals surface area contributed by atoms with Gasteiger partial charge in [0.1, 0.15) is 0 Å². The Morgan fingerprint density at radius 2 is 1.78 bits per heavy atom. The number of nitrogens with zero attached hydrogens (tertiary/aromatic N) is 2. The van der Waals surface area contributed by atoms with Crippen molar-refractivity contribution in [2.24, 2.45) is 5.92 Å². The average Bonchev–Trinajstić information content (AvgIpc) is 2.79. The molecule has 5 nitrogen and oxygen atoms in total. The van der Waals surface area contributed by atoms with Crippen molar-refractivity contribution >= 4 is 5.91 Å². The molecular weight excluding hydrogens is 400 g/mol. The van der Waals surface area contributed by atoms with Crippen LogP contribution in [0.4, 0.5) is 0 Å². The van der Waals surface area contributed by atoms with Crippen LogP contribution in [0.1, 0.15) is 44.7 Å². The molecule has 2 aromatic rings. The summed E-state index contributed by atoms with van der Waals surface area (Å²) in [5.41, 5.74) is 2.48. The third-order valence-corrected chi connectivity index (χ3v) is 7.36. The summed E-state index contributed by atoms with van der Waals surface area (Å²) in [5, 5.41) is 0. The van der Waals surface area contributed by atoms with E-state index < -0.39 is 0 Å². The fourth-order valence-corrected chi connectivity index (χ4v) is 5.22. The van der Waals surface area contributed by atoms with Crippen LogP contribution >= 0.6 is 0 Å². The van der Waals surface area contributed by atoms with Gasteiger partial charge in [-0.15, -0.1) is 0 Å². The topological polar surface area (TPSA) is 42.0 Å². The van der Waals surface area contributed by atoms with Crippen LogP contribution in [0.5, 0.6) is 11.5 Å². The Morgan fingerprint density at radius 3 is 2.41 bits per heavy atom. The Hall–Kier alpha value is -2.53. The van der Waals surface area contributed by atoms with E-state index in [0.717, 1.165) is 31.5 Å². The molecule has 0 N–H and O–H groups in total. The van der Waals surface area contributed by atoms with Crippen LogP contribution in [0, 0.1) is 5.92 Å². The number of likely N-dealkylation sites (tertiary alicyclic amines) is 1. The fraction of sp³-hybridized carbons (Fsp3) is 0.519. The molecule has 5 heteroatoms. The first-order valence-corrected chi connectivity index (χ1v) is 11.5. The summed E-state index contributed by atoms with van der Waals surface area (Å²) in [6.45, 7) is 8.68. The smallest absolute Gasteiger partial charge is 0.219 e. The van der Waals surface area contributed by atoms with Gasteiger partial charge in [-0.05, 0) is 56.0 Å². The molecule has 0 bridgehead atoms. The monoisotopic (exact) mass is 438 g/mol. The van der Waals surface area contributed by atoms with Crippen molar-refractivity contribution in [3.63, 3.8) is 0 Å². The Bertz CT molecular complexity index is 901. The van der Waals surface area contributed by atoms with Crippen molar-refractivity contribution in [3.05, 3.63) is 59.7 Å². The third-order valence-electron chi connectivity index (χ3n) is 7.36. The lowest BCUT2D eigenvalue weighted by Gasteiger charge is -2.50. The number of carbonyl (C=O) groups excluding carboxylic acids is 1. The van der Waals surface area contributed by atoms with Gasteiger partial charge >= 0.3 is 0 Å². The summed E-state index contributed by atoms with van der Waals surface area (Å²) in [6, 6.07) is 17.3. The van der Waals surface area contributed by atoms with Gasteiger partial charge in [-0.2, -0.15) is 0 Å². The van der Waals surface area contributed by atoms with Gasteiger partial charge < -0.3 is 19.3 Å². The van der Waals surface area contributed by atoms with Crippen molar-refractivity contribution in [2.45, 2.75) is 51.6 Å². The van der Waals surface area contributed by atoms with Crippen molar-refractivity contribution in [3.8, 4) is 11.5 Å². The van der Waals surface area contributed by atoms with Crippen LogP contribution in [0.2, 0.25) is 0 Å². The van der Waals surface area contributed by atoms with E-state index in [0.29, 0.717) is 30.0 Å². The highest BCUT2D eigenvalue weighted by Crippen LogP contribution is 2.44. The molecule has 1 amide bonds. The molecule has 1 aliphatic rings. The zero-order valence-electron chi connectivity index (χ0n) is 20.4. The number of methoxy groups -OCH3 is 2. The zero-order valence-corrected chi connectivity index (χ0v) is 20.4. The molecule has 0 radical (unpaired) electrons. The molecule has 0 saturated carbocycles. The summed E-state index contributed by atoms with van der Waals surface area (Å²) < 4.78 is 10.8. The molecule has 0 aliphatic carbocycles. The van der Waals surface area contributed by atoms with Gasteiger partial charge in [0.05, 0.1) is 14.2 Å². The molecule has 2 aromatic carbocycles.